The Bertz CT molecular complexity index is 535. The van der Waals surface area contributed by atoms with Gasteiger partial charge in [-0.3, -0.25) is 0 Å². The van der Waals surface area contributed by atoms with Gasteiger partial charge < -0.3 is 19.7 Å². The molecule has 0 bridgehead atoms. The highest BCUT2D eigenvalue weighted by Crippen LogP contribution is 2.30. The molecule has 0 saturated heterocycles. The molecule has 0 aromatic heterocycles. The molecule has 0 aliphatic rings. The Morgan fingerprint density at radius 1 is 1.24 bits per heavy atom. The number of rotatable bonds is 8. The summed E-state index contributed by atoms with van der Waals surface area (Å²) >= 11 is 0. The molecular weight excluding hydrogens is 276 g/mol. The highest BCUT2D eigenvalue weighted by Gasteiger charge is 2.19. The van der Waals surface area contributed by atoms with E-state index in [2.05, 4.69) is 0 Å². The predicted octanol–water partition coefficient (Wildman–Crippen LogP) is 2.43. The molecule has 0 aliphatic heterocycles. The molecule has 0 heterocycles. The summed E-state index contributed by atoms with van der Waals surface area (Å²) in [5.74, 6) is -1.40. The molecule has 0 saturated carbocycles. The van der Waals surface area contributed by atoms with E-state index in [1.165, 1.54) is 6.08 Å². The molecular formula is C15H18O6. The maximum absolute atomic E-state index is 11.0. The fourth-order valence-corrected chi connectivity index (χ4v) is 1.62. The molecule has 0 spiro atoms. The average Bonchev–Trinajstić information content (AvgIpc) is 2.44. The minimum Gasteiger partial charge on any atom is -0.490 e. The Morgan fingerprint density at radius 2 is 1.95 bits per heavy atom. The van der Waals surface area contributed by atoms with Crippen molar-refractivity contribution in [3.8, 4) is 11.5 Å². The molecule has 0 fully saturated rings. The molecule has 6 heteroatoms. The fourth-order valence-electron chi connectivity index (χ4n) is 1.62. The predicted molar refractivity (Wildman–Crippen MR) is 76.6 cm³/mol. The van der Waals surface area contributed by atoms with Gasteiger partial charge in [0.1, 0.15) is 0 Å². The third-order valence-corrected chi connectivity index (χ3v) is 2.60. The van der Waals surface area contributed by atoms with Crippen LogP contribution in [0.5, 0.6) is 11.5 Å². The van der Waals surface area contributed by atoms with Gasteiger partial charge in [0.25, 0.3) is 0 Å². The van der Waals surface area contributed by atoms with E-state index in [4.69, 9.17) is 19.7 Å². The Labute approximate surface area is 122 Å². The summed E-state index contributed by atoms with van der Waals surface area (Å²) in [5.41, 5.74) is 0.622. The van der Waals surface area contributed by atoms with Crippen LogP contribution in [0.3, 0.4) is 0 Å². The molecule has 1 atom stereocenters. The molecule has 1 unspecified atom stereocenters. The number of carboxylic acid groups (broad SMARTS) is 2. The van der Waals surface area contributed by atoms with Gasteiger partial charge >= 0.3 is 11.9 Å². The van der Waals surface area contributed by atoms with Gasteiger partial charge in [0.2, 0.25) is 0 Å². The van der Waals surface area contributed by atoms with Crippen molar-refractivity contribution in [3.05, 3.63) is 29.8 Å². The number of hydrogen-bond donors (Lipinski definition) is 2. The van der Waals surface area contributed by atoms with E-state index in [1.54, 1.807) is 32.0 Å². The van der Waals surface area contributed by atoms with Gasteiger partial charge in [-0.05, 0) is 37.1 Å². The number of aliphatic carboxylic acids is 2. The minimum absolute atomic E-state index is 0.318. The highest BCUT2D eigenvalue weighted by atomic mass is 16.5. The zero-order valence-electron chi connectivity index (χ0n) is 11.9. The molecule has 21 heavy (non-hydrogen) atoms. The molecule has 114 valence electrons. The van der Waals surface area contributed by atoms with Crippen LogP contribution in [0.25, 0.3) is 6.08 Å². The molecule has 0 aliphatic carbocycles. The quantitative estimate of drug-likeness (QED) is 0.715. The first-order valence-corrected chi connectivity index (χ1v) is 6.55. The number of benzene rings is 1. The van der Waals surface area contributed by atoms with Crippen LogP contribution in [0.4, 0.5) is 0 Å². The van der Waals surface area contributed by atoms with E-state index in [0.717, 1.165) is 6.08 Å². The molecule has 2 N–H and O–H groups in total. The Morgan fingerprint density at radius 3 is 2.48 bits per heavy atom. The zero-order valence-corrected chi connectivity index (χ0v) is 11.9. The Kier molecular flexibility index (Phi) is 6.26. The largest absolute Gasteiger partial charge is 0.490 e. The maximum Gasteiger partial charge on any atom is 0.344 e. The van der Waals surface area contributed by atoms with Crippen LogP contribution in [-0.2, 0) is 9.59 Å². The topological polar surface area (TPSA) is 93.1 Å². The number of ether oxygens (including phenoxy) is 2. The molecule has 1 aromatic rings. The molecule has 1 rings (SSSR count). The van der Waals surface area contributed by atoms with Crippen molar-refractivity contribution in [2.45, 2.75) is 26.4 Å². The van der Waals surface area contributed by atoms with Gasteiger partial charge in [0, 0.05) is 6.08 Å². The van der Waals surface area contributed by atoms with Crippen LogP contribution in [0.1, 0.15) is 25.8 Å². The average molecular weight is 294 g/mol. The van der Waals surface area contributed by atoms with Crippen LogP contribution in [-0.4, -0.2) is 34.9 Å². The normalized spacial score (nSPS) is 12.1. The second-order valence-corrected chi connectivity index (χ2v) is 4.16. The first-order valence-electron chi connectivity index (χ1n) is 6.55. The Hall–Kier alpha value is -2.50. The second kappa shape index (κ2) is 7.94. The number of hydrogen-bond acceptors (Lipinski definition) is 4. The lowest BCUT2D eigenvalue weighted by atomic mass is 10.2. The van der Waals surface area contributed by atoms with E-state index in [9.17, 15) is 9.59 Å². The van der Waals surface area contributed by atoms with Crippen molar-refractivity contribution in [1.82, 2.24) is 0 Å². The lowest BCUT2D eigenvalue weighted by Gasteiger charge is -2.16. The number of carbonyl (C=O) groups is 2. The summed E-state index contributed by atoms with van der Waals surface area (Å²) < 4.78 is 10.8. The molecule has 0 amide bonds. The summed E-state index contributed by atoms with van der Waals surface area (Å²) in [5, 5.41) is 17.6. The molecule has 1 aromatic carbocycles. The highest BCUT2D eigenvalue weighted by molar-refractivity contribution is 5.85. The first-order chi connectivity index (χ1) is 9.97. The van der Waals surface area contributed by atoms with Crippen LogP contribution in [0, 0.1) is 0 Å². The Balaban J connectivity index is 3.03. The van der Waals surface area contributed by atoms with Crippen LogP contribution in [0.2, 0.25) is 0 Å². The van der Waals surface area contributed by atoms with Crippen molar-refractivity contribution >= 4 is 18.0 Å². The van der Waals surface area contributed by atoms with Crippen molar-refractivity contribution in [3.63, 3.8) is 0 Å². The van der Waals surface area contributed by atoms with Crippen molar-refractivity contribution < 1.29 is 29.3 Å². The van der Waals surface area contributed by atoms with Gasteiger partial charge in [-0.2, -0.15) is 0 Å². The fraction of sp³-hybridized carbons (Fsp3) is 0.333. The van der Waals surface area contributed by atoms with E-state index >= 15 is 0 Å². The lowest BCUT2D eigenvalue weighted by Crippen LogP contribution is -2.26. The van der Waals surface area contributed by atoms with E-state index in [0.29, 0.717) is 30.1 Å². The lowest BCUT2D eigenvalue weighted by molar-refractivity contribution is -0.145. The third kappa shape index (κ3) is 5.18. The van der Waals surface area contributed by atoms with Gasteiger partial charge in [-0.25, -0.2) is 9.59 Å². The third-order valence-electron chi connectivity index (χ3n) is 2.60. The van der Waals surface area contributed by atoms with Gasteiger partial charge in [-0.15, -0.1) is 0 Å². The van der Waals surface area contributed by atoms with Crippen LogP contribution < -0.4 is 9.47 Å². The second-order valence-electron chi connectivity index (χ2n) is 4.16. The maximum atomic E-state index is 11.0. The summed E-state index contributed by atoms with van der Waals surface area (Å²) in [7, 11) is 0. The van der Waals surface area contributed by atoms with E-state index in [1.807, 2.05) is 0 Å². The summed E-state index contributed by atoms with van der Waals surface area (Å²) in [6.45, 7) is 3.88. The monoisotopic (exact) mass is 294 g/mol. The first kappa shape index (κ1) is 16.6. The smallest absolute Gasteiger partial charge is 0.344 e. The van der Waals surface area contributed by atoms with E-state index in [-0.39, 0.29) is 0 Å². The van der Waals surface area contributed by atoms with Gasteiger partial charge in [0.15, 0.2) is 17.6 Å². The standard InChI is InChI=1S/C15H18O6/c1-3-11(15(18)19)21-12-7-5-10(6-8-14(16)17)9-13(12)20-4-2/h5-9,11H,3-4H2,1-2H3,(H,16,17)(H,18,19). The molecule has 6 nitrogen and oxygen atoms in total. The summed E-state index contributed by atoms with van der Waals surface area (Å²) in [4.78, 5) is 21.5. The SMILES string of the molecule is CCOc1cc(C=CC(=O)O)ccc1OC(CC)C(=O)O. The molecule has 0 radical (unpaired) electrons. The van der Waals surface area contributed by atoms with Crippen LogP contribution in [0.15, 0.2) is 24.3 Å². The van der Waals surface area contributed by atoms with Crippen molar-refractivity contribution in [1.29, 1.82) is 0 Å². The van der Waals surface area contributed by atoms with Crippen LogP contribution >= 0.6 is 0 Å². The zero-order chi connectivity index (χ0) is 15.8. The summed E-state index contributed by atoms with van der Waals surface area (Å²) in [6, 6.07) is 4.80. The van der Waals surface area contributed by atoms with Crippen molar-refractivity contribution in [2.24, 2.45) is 0 Å². The minimum atomic E-state index is -1.05. The van der Waals surface area contributed by atoms with Crippen molar-refractivity contribution in [2.75, 3.05) is 6.61 Å². The summed E-state index contributed by atoms with van der Waals surface area (Å²) in [6.07, 6.45) is 1.80. The number of carboxylic acids is 2. The van der Waals surface area contributed by atoms with Gasteiger partial charge in [0.05, 0.1) is 6.61 Å². The van der Waals surface area contributed by atoms with Gasteiger partial charge in [-0.1, -0.05) is 13.0 Å². The van der Waals surface area contributed by atoms with E-state index < -0.39 is 18.0 Å².